The molecular weight excluding hydrogens is 320 g/mol. The summed E-state index contributed by atoms with van der Waals surface area (Å²) >= 11 is 1.42. The fourth-order valence-corrected chi connectivity index (χ4v) is 3.29. The fourth-order valence-electron chi connectivity index (χ4n) is 2.52. The van der Waals surface area contributed by atoms with Crippen LogP contribution in [-0.2, 0) is 5.75 Å². The zero-order chi connectivity index (χ0) is 16.4. The maximum Gasteiger partial charge on any atom is 0.277 e. The summed E-state index contributed by atoms with van der Waals surface area (Å²) in [5.74, 6) is 1.10. The molecule has 2 aromatic carbocycles. The maximum atomic E-state index is 9.13. The van der Waals surface area contributed by atoms with Crippen LogP contribution < -0.4 is 0 Å². The van der Waals surface area contributed by atoms with Gasteiger partial charge < -0.3 is 9.40 Å². The zero-order valence-electron chi connectivity index (χ0n) is 12.6. The maximum absolute atomic E-state index is 9.13. The molecule has 4 aromatic rings. The Kier molecular flexibility index (Phi) is 3.77. The topological polar surface area (TPSA) is 78.5 Å². The number of hydrogen-bond acceptors (Lipinski definition) is 5. The molecule has 1 N–H and O–H groups in total. The van der Waals surface area contributed by atoms with Crippen molar-refractivity contribution >= 4 is 22.7 Å². The van der Waals surface area contributed by atoms with Crippen LogP contribution in [-0.4, -0.2) is 15.2 Å². The minimum absolute atomic E-state index is 0.489. The molecule has 0 aliphatic heterocycles. The molecule has 0 spiro atoms. The third-order valence-corrected chi connectivity index (χ3v) is 4.58. The van der Waals surface area contributed by atoms with E-state index in [1.807, 2.05) is 48.7 Å². The molecule has 4 rings (SSSR count). The Hall–Kier alpha value is -3.04. The van der Waals surface area contributed by atoms with Crippen LogP contribution in [0.4, 0.5) is 0 Å². The second-order valence-electron chi connectivity index (χ2n) is 5.18. The summed E-state index contributed by atoms with van der Waals surface area (Å²) in [6, 6.07) is 17.7. The lowest BCUT2D eigenvalue weighted by Crippen LogP contribution is -1.86. The predicted octanol–water partition coefficient (Wildman–Crippen LogP) is 4.38. The van der Waals surface area contributed by atoms with Crippen LogP contribution in [0.5, 0.6) is 0 Å². The van der Waals surface area contributed by atoms with Crippen molar-refractivity contribution in [2.24, 2.45) is 0 Å². The van der Waals surface area contributed by atoms with E-state index in [0.717, 1.165) is 22.0 Å². The molecule has 0 amide bonds. The highest BCUT2D eigenvalue weighted by atomic mass is 32.2. The van der Waals surface area contributed by atoms with Gasteiger partial charge in [0.25, 0.3) is 11.1 Å². The van der Waals surface area contributed by atoms with E-state index in [-0.39, 0.29) is 0 Å². The Labute approximate surface area is 142 Å². The second-order valence-corrected chi connectivity index (χ2v) is 6.11. The minimum Gasteiger partial charge on any atom is -0.411 e. The molecule has 6 heteroatoms. The number of nitrogens with zero attached hydrogens (tertiary/aromatic N) is 3. The van der Waals surface area contributed by atoms with Crippen molar-refractivity contribution in [3.63, 3.8) is 0 Å². The van der Waals surface area contributed by atoms with Gasteiger partial charge in [-0.05, 0) is 17.7 Å². The van der Waals surface area contributed by atoms with Gasteiger partial charge in [0.05, 0.1) is 17.2 Å². The van der Waals surface area contributed by atoms with E-state index in [1.165, 1.54) is 11.8 Å². The number of benzene rings is 2. The van der Waals surface area contributed by atoms with E-state index in [4.69, 9.17) is 9.68 Å². The van der Waals surface area contributed by atoms with Gasteiger partial charge in [0, 0.05) is 22.9 Å². The van der Waals surface area contributed by atoms with Gasteiger partial charge in [0.2, 0.25) is 0 Å². The zero-order valence-corrected chi connectivity index (χ0v) is 13.4. The van der Waals surface area contributed by atoms with Crippen LogP contribution in [0, 0.1) is 11.3 Å². The van der Waals surface area contributed by atoms with E-state index in [9.17, 15) is 0 Å². The molecule has 24 heavy (non-hydrogen) atoms. The van der Waals surface area contributed by atoms with Gasteiger partial charge >= 0.3 is 0 Å². The highest BCUT2D eigenvalue weighted by Gasteiger charge is 2.14. The first-order chi connectivity index (χ1) is 11.8. The number of hydrogen-bond donors (Lipinski definition) is 1. The molecule has 0 atom stereocenters. The molecule has 0 radical (unpaired) electrons. The average Bonchev–Trinajstić information content (AvgIpc) is 3.26. The number of nitrogens with one attached hydrogen (secondary N) is 1. The molecule has 0 aliphatic rings. The van der Waals surface area contributed by atoms with E-state index >= 15 is 0 Å². The normalized spacial score (nSPS) is 10.8. The first-order valence-corrected chi connectivity index (χ1v) is 8.34. The van der Waals surface area contributed by atoms with Crippen molar-refractivity contribution < 1.29 is 4.42 Å². The van der Waals surface area contributed by atoms with Gasteiger partial charge in [0.15, 0.2) is 0 Å². The lowest BCUT2D eigenvalue weighted by Gasteiger charge is -2.00. The quantitative estimate of drug-likeness (QED) is 0.561. The summed E-state index contributed by atoms with van der Waals surface area (Å²) in [6.07, 6.45) is 1.87. The minimum atomic E-state index is 0.489. The molecule has 0 aliphatic carbocycles. The number of para-hydroxylation sites is 1. The van der Waals surface area contributed by atoms with Gasteiger partial charge in [-0.3, -0.25) is 0 Å². The van der Waals surface area contributed by atoms with Gasteiger partial charge in [-0.1, -0.05) is 48.2 Å². The van der Waals surface area contributed by atoms with Crippen LogP contribution in [0.15, 0.2) is 64.4 Å². The van der Waals surface area contributed by atoms with Crippen LogP contribution >= 0.6 is 11.8 Å². The molecule has 0 unspecified atom stereocenters. The van der Waals surface area contributed by atoms with Crippen molar-refractivity contribution in [2.45, 2.75) is 11.0 Å². The Balaban J connectivity index is 1.56. The first-order valence-electron chi connectivity index (χ1n) is 7.36. The number of nitriles is 1. The van der Waals surface area contributed by atoms with Crippen molar-refractivity contribution in [1.82, 2.24) is 15.2 Å². The van der Waals surface area contributed by atoms with Crippen molar-refractivity contribution in [2.75, 3.05) is 0 Å². The Bertz CT molecular complexity index is 1040. The van der Waals surface area contributed by atoms with Crippen LogP contribution in [0.1, 0.15) is 11.1 Å². The first kappa shape index (κ1) is 14.5. The molecule has 5 nitrogen and oxygen atoms in total. The van der Waals surface area contributed by atoms with Crippen LogP contribution in [0.2, 0.25) is 0 Å². The van der Waals surface area contributed by atoms with E-state index in [2.05, 4.69) is 21.3 Å². The fraction of sp³-hybridized carbons (Fsp3) is 0.0556. The number of rotatable bonds is 4. The van der Waals surface area contributed by atoms with Crippen LogP contribution in [0.3, 0.4) is 0 Å². The molecule has 0 saturated heterocycles. The number of fused-ring (bicyclic) bond motifs is 1. The summed E-state index contributed by atoms with van der Waals surface area (Å²) in [6.45, 7) is 0. The lowest BCUT2D eigenvalue weighted by atomic mass is 10.1. The summed E-state index contributed by atoms with van der Waals surface area (Å²) in [5.41, 5.74) is 3.54. The van der Waals surface area contributed by atoms with E-state index in [0.29, 0.717) is 22.4 Å². The number of aromatic amines is 1. The molecule has 0 fully saturated rings. The Morgan fingerprint density at radius 1 is 1.08 bits per heavy atom. The molecular formula is C18H12N4OS. The Morgan fingerprint density at radius 3 is 2.83 bits per heavy atom. The lowest BCUT2D eigenvalue weighted by molar-refractivity contribution is 0.466. The third-order valence-electron chi connectivity index (χ3n) is 3.72. The van der Waals surface area contributed by atoms with Gasteiger partial charge in [-0.15, -0.1) is 10.2 Å². The smallest absolute Gasteiger partial charge is 0.277 e. The molecule has 0 saturated carbocycles. The highest BCUT2D eigenvalue weighted by molar-refractivity contribution is 7.98. The summed E-state index contributed by atoms with van der Waals surface area (Å²) in [5, 5.41) is 18.9. The van der Waals surface area contributed by atoms with E-state index < -0.39 is 0 Å². The largest absolute Gasteiger partial charge is 0.411 e. The van der Waals surface area contributed by atoms with Gasteiger partial charge in [-0.25, -0.2) is 0 Å². The van der Waals surface area contributed by atoms with Crippen molar-refractivity contribution in [3.8, 4) is 17.5 Å². The monoisotopic (exact) mass is 332 g/mol. The SMILES string of the molecule is N#Cc1ccccc1CSc1nnc(-c2c[nH]c3ccccc23)o1. The summed E-state index contributed by atoms with van der Waals surface area (Å²) in [7, 11) is 0. The molecule has 2 aromatic heterocycles. The van der Waals surface area contributed by atoms with Gasteiger partial charge in [-0.2, -0.15) is 5.26 Å². The molecule has 116 valence electrons. The van der Waals surface area contributed by atoms with Crippen molar-refractivity contribution in [1.29, 1.82) is 5.26 Å². The average molecular weight is 332 g/mol. The standard InChI is InChI=1S/C18H12N4OS/c19-9-12-5-1-2-6-13(12)11-24-18-22-21-17(23-18)15-10-20-16-8-4-3-7-14(15)16/h1-8,10,20H,11H2. The van der Waals surface area contributed by atoms with Gasteiger partial charge in [0.1, 0.15) is 0 Å². The van der Waals surface area contributed by atoms with Crippen molar-refractivity contribution in [3.05, 3.63) is 65.9 Å². The molecule has 2 heterocycles. The molecule has 0 bridgehead atoms. The number of H-pyrrole nitrogens is 1. The number of thioether (sulfide) groups is 1. The summed E-state index contributed by atoms with van der Waals surface area (Å²) in [4.78, 5) is 3.20. The Morgan fingerprint density at radius 2 is 1.92 bits per heavy atom. The van der Waals surface area contributed by atoms with E-state index in [1.54, 1.807) is 6.07 Å². The summed E-state index contributed by atoms with van der Waals surface area (Å²) < 4.78 is 5.77. The third kappa shape index (κ3) is 2.66. The predicted molar refractivity (Wildman–Crippen MR) is 92.3 cm³/mol. The number of aromatic nitrogens is 3. The highest BCUT2D eigenvalue weighted by Crippen LogP contribution is 2.30. The van der Waals surface area contributed by atoms with Crippen LogP contribution in [0.25, 0.3) is 22.4 Å². The second kappa shape index (κ2) is 6.22.